The summed E-state index contributed by atoms with van der Waals surface area (Å²) in [5.41, 5.74) is -0.819. The van der Waals surface area contributed by atoms with Gasteiger partial charge >= 0.3 is 19.1 Å². The zero-order valence-corrected chi connectivity index (χ0v) is 38.3. The smallest absolute Gasteiger partial charge is 0.461 e. The summed E-state index contributed by atoms with van der Waals surface area (Å²) < 4.78 is 24.8. The lowest BCUT2D eigenvalue weighted by atomic mass is 9.88. The van der Waals surface area contributed by atoms with Crippen LogP contribution in [-0.2, 0) is 28.4 Å². The van der Waals surface area contributed by atoms with Crippen LogP contribution in [0.4, 0.5) is 0 Å². The summed E-state index contributed by atoms with van der Waals surface area (Å²) in [5, 5.41) is 0. The van der Waals surface area contributed by atoms with Gasteiger partial charge in [0, 0.05) is 12.8 Å². The van der Waals surface area contributed by atoms with Crippen molar-refractivity contribution in [3.63, 3.8) is 0 Å². The van der Waals surface area contributed by atoms with E-state index in [0.717, 1.165) is 51.4 Å². The van der Waals surface area contributed by atoms with Gasteiger partial charge in [0.15, 0.2) is 6.10 Å². The van der Waals surface area contributed by atoms with E-state index >= 15 is 0 Å². The van der Waals surface area contributed by atoms with E-state index in [1.807, 2.05) is 0 Å². The molecule has 0 aromatic rings. The molecule has 0 aromatic heterocycles. The maximum Gasteiger partial charge on any atom is 0.517 e. The Morgan fingerprint density at radius 2 is 0.911 bits per heavy atom. The zero-order chi connectivity index (χ0) is 41.4. The number of quaternary nitrogens is 1. The first-order chi connectivity index (χ1) is 26.8. The Bertz CT molecular complexity index is 1020. The Kier molecular flexibility index (Phi) is 30.2. The van der Waals surface area contributed by atoms with Gasteiger partial charge in [-0.3, -0.25) is 9.59 Å². The van der Waals surface area contributed by atoms with E-state index in [9.17, 15) is 9.59 Å². The van der Waals surface area contributed by atoms with Gasteiger partial charge in [-0.1, -0.05) is 141 Å². The zero-order valence-electron chi connectivity index (χ0n) is 38.3. The second-order valence-electron chi connectivity index (χ2n) is 18.5. The molecule has 56 heavy (non-hydrogen) atoms. The molecule has 1 aliphatic heterocycles. The molecule has 0 spiro atoms. The summed E-state index contributed by atoms with van der Waals surface area (Å²) in [7, 11) is 3.80. The number of unbranched alkanes of at least 4 members (excludes halogenated alkanes) is 22. The van der Waals surface area contributed by atoms with Crippen molar-refractivity contribution in [2.75, 3.05) is 33.7 Å². The minimum atomic E-state index is -0.527. The number of likely N-dealkylation sites (N-methyl/N-ethyl adjacent to an activating group) is 1. The largest absolute Gasteiger partial charge is 0.517 e. The number of carbonyl (C=O) groups excluding carboxylic acids is 2. The second-order valence-corrected chi connectivity index (χ2v) is 18.5. The molecule has 0 radical (unpaired) electrons. The normalized spacial score (nSPS) is 16.0. The molecule has 1 saturated heterocycles. The highest BCUT2D eigenvalue weighted by atomic mass is 16.7. The number of ether oxygens (including phenoxy) is 2. The molecular formula is C48H91BNO6+. The van der Waals surface area contributed by atoms with Gasteiger partial charge in [-0.25, -0.2) is 0 Å². The summed E-state index contributed by atoms with van der Waals surface area (Å²) in [6, 6.07) is 0. The van der Waals surface area contributed by atoms with E-state index in [1.54, 1.807) is 0 Å². The molecule has 1 fully saturated rings. The monoisotopic (exact) mass is 789 g/mol. The quantitative estimate of drug-likeness (QED) is 0.0205. The van der Waals surface area contributed by atoms with Crippen LogP contribution in [0.15, 0.2) is 24.3 Å². The summed E-state index contributed by atoms with van der Waals surface area (Å²) >= 11 is 0. The van der Waals surface area contributed by atoms with E-state index < -0.39 is 17.3 Å². The lowest BCUT2D eigenvalue weighted by molar-refractivity contribution is -0.884. The van der Waals surface area contributed by atoms with E-state index in [2.05, 4.69) is 79.9 Å². The number of hydrogen-bond donors (Lipinski definition) is 0. The molecule has 0 aliphatic carbocycles. The third kappa shape index (κ3) is 27.9. The summed E-state index contributed by atoms with van der Waals surface area (Å²) in [6.07, 6.45) is 42.0. The average molecular weight is 789 g/mol. The van der Waals surface area contributed by atoms with Crippen LogP contribution in [0.5, 0.6) is 0 Å². The molecular weight excluding hydrogens is 697 g/mol. The van der Waals surface area contributed by atoms with E-state index in [4.69, 9.17) is 18.8 Å². The van der Waals surface area contributed by atoms with Crippen molar-refractivity contribution < 1.29 is 32.9 Å². The number of rotatable bonds is 37. The SMILES string of the molecule is CCCCCCCC/C=C\CCCCCCCC(=O)OCC(C[N+](C)(C)CB1OC(C)(C)C(C)(C)O1)OC(=O)CCCCCCC/C=C\CCCCCCCC. The number of carbonyl (C=O) groups is 2. The number of hydrogen-bond acceptors (Lipinski definition) is 6. The van der Waals surface area contributed by atoms with Gasteiger partial charge in [-0.2, -0.15) is 0 Å². The van der Waals surface area contributed by atoms with Gasteiger partial charge in [0.25, 0.3) is 0 Å². The fraction of sp³-hybridized carbons (Fsp3) is 0.875. The van der Waals surface area contributed by atoms with Crippen LogP contribution in [0.25, 0.3) is 0 Å². The Hall–Kier alpha value is -1.64. The second kappa shape index (κ2) is 32.2. The minimum Gasteiger partial charge on any atom is -0.461 e. The highest BCUT2D eigenvalue weighted by molar-refractivity contribution is 6.45. The van der Waals surface area contributed by atoms with Gasteiger partial charge in [0.1, 0.15) is 19.6 Å². The molecule has 7 nitrogen and oxygen atoms in total. The standard InChI is InChI=1S/C48H91BNO6/c1-9-11-13-15-17-19-21-23-25-27-29-31-33-35-37-39-45(51)53-42-44(41-50(7,8)43-49-55-47(3,4)48(5,6)56-49)54-46(52)40-38-36-34-32-30-28-26-24-22-20-18-16-14-12-10-2/h23-26,44H,9-22,27-43H2,1-8H3/q+1/b25-23-,26-24-. The Labute approximate surface area is 347 Å². The molecule has 8 heteroatoms. The topological polar surface area (TPSA) is 71.1 Å². The summed E-state index contributed by atoms with van der Waals surface area (Å²) in [6.45, 7) is 13.3. The molecule has 1 atom stereocenters. The third-order valence-electron chi connectivity index (χ3n) is 11.7. The van der Waals surface area contributed by atoms with Crippen LogP contribution >= 0.6 is 0 Å². The molecule has 0 aromatic carbocycles. The summed E-state index contributed by atoms with van der Waals surface area (Å²) in [4.78, 5) is 25.8. The van der Waals surface area contributed by atoms with Crippen LogP contribution in [-0.4, -0.2) is 74.5 Å². The van der Waals surface area contributed by atoms with Crippen molar-refractivity contribution in [1.82, 2.24) is 0 Å². The maximum atomic E-state index is 13.0. The molecule has 1 aliphatic rings. The minimum absolute atomic E-state index is 0.0765. The van der Waals surface area contributed by atoms with Crippen LogP contribution in [0.1, 0.15) is 221 Å². The molecule has 1 rings (SSSR count). The van der Waals surface area contributed by atoms with Gasteiger partial charge in [-0.15, -0.1) is 0 Å². The lowest BCUT2D eigenvalue weighted by Crippen LogP contribution is -2.53. The summed E-state index contributed by atoms with van der Waals surface area (Å²) in [5.74, 6) is -0.422. The van der Waals surface area contributed by atoms with Crippen molar-refractivity contribution in [1.29, 1.82) is 0 Å². The van der Waals surface area contributed by atoms with Crippen molar-refractivity contribution in [2.45, 2.75) is 239 Å². The van der Waals surface area contributed by atoms with Crippen molar-refractivity contribution in [3.05, 3.63) is 24.3 Å². The number of nitrogens with zero attached hydrogens (tertiary/aromatic N) is 1. The van der Waals surface area contributed by atoms with Crippen LogP contribution < -0.4 is 0 Å². The average Bonchev–Trinajstić information content (AvgIpc) is 3.33. The van der Waals surface area contributed by atoms with Gasteiger partial charge < -0.3 is 23.3 Å². The van der Waals surface area contributed by atoms with Crippen molar-refractivity contribution in [2.24, 2.45) is 0 Å². The molecule has 0 bridgehead atoms. The van der Waals surface area contributed by atoms with Gasteiger partial charge in [-0.05, 0) is 91.9 Å². The van der Waals surface area contributed by atoms with Gasteiger partial charge in [0.2, 0.25) is 0 Å². The molecule has 1 unspecified atom stereocenters. The number of allylic oxidation sites excluding steroid dienone is 4. The number of esters is 2. The van der Waals surface area contributed by atoms with Gasteiger partial charge in [0.05, 0.1) is 25.3 Å². The Morgan fingerprint density at radius 3 is 1.32 bits per heavy atom. The molecule has 1 heterocycles. The van der Waals surface area contributed by atoms with Crippen LogP contribution in [0.3, 0.4) is 0 Å². The predicted octanol–water partition coefficient (Wildman–Crippen LogP) is 13.2. The molecule has 0 amide bonds. The first-order valence-corrected chi connectivity index (χ1v) is 23.6. The highest BCUT2D eigenvalue weighted by Gasteiger charge is 2.53. The maximum absolute atomic E-state index is 13.0. The highest BCUT2D eigenvalue weighted by Crippen LogP contribution is 2.37. The van der Waals surface area contributed by atoms with E-state index in [1.165, 1.54) is 116 Å². The van der Waals surface area contributed by atoms with Crippen LogP contribution in [0.2, 0.25) is 0 Å². The fourth-order valence-corrected chi connectivity index (χ4v) is 7.38. The molecule has 326 valence electrons. The lowest BCUT2D eigenvalue weighted by Gasteiger charge is -2.33. The van der Waals surface area contributed by atoms with Crippen molar-refractivity contribution >= 4 is 19.1 Å². The van der Waals surface area contributed by atoms with E-state index in [0.29, 0.717) is 30.3 Å². The first-order valence-electron chi connectivity index (χ1n) is 23.6. The fourth-order valence-electron chi connectivity index (χ4n) is 7.38. The van der Waals surface area contributed by atoms with Crippen molar-refractivity contribution in [3.8, 4) is 0 Å². The molecule has 0 saturated carbocycles. The Balaban J connectivity index is 2.40. The van der Waals surface area contributed by atoms with Crippen LogP contribution in [0, 0.1) is 0 Å². The Morgan fingerprint density at radius 1 is 0.554 bits per heavy atom. The third-order valence-corrected chi connectivity index (χ3v) is 11.7. The first kappa shape index (κ1) is 52.4. The molecule has 0 N–H and O–H groups in total. The van der Waals surface area contributed by atoms with E-state index in [-0.39, 0.29) is 25.7 Å². The predicted molar refractivity (Wildman–Crippen MR) is 238 cm³/mol.